The number of carbonyl (C=O) groups excluding carboxylic acids is 1. The first-order valence-corrected chi connectivity index (χ1v) is 9.64. The number of aliphatic carboxylic acids is 1. The van der Waals surface area contributed by atoms with Gasteiger partial charge in [0.1, 0.15) is 0 Å². The molecule has 0 bridgehead atoms. The van der Waals surface area contributed by atoms with Crippen molar-refractivity contribution in [3.05, 3.63) is 84.8 Å². The third kappa shape index (κ3) is 6.82. The highest BCUT2D eigenvalue weighted by Crippen LogP contribution is 2.20. The highest BCUT2D eigenvalue weighted by atomic mass is 19.4. The van der Waals surface area contributed by atoms with Crippen LogP contribution < -0.4 is 10.6 Å². The normalized spacial score (nSPS) is 10.8. The van der Waals surface area contributed by atoms with E-state index >= 15 is 0 Å². The zero-order valence-corrected chi connectivity index (χ0v) is 17.1. The molecule has 4 N–H and O–H groups in total. The van der Waals surface area contributed by atoms with E-state index in [0.717, 1.165) is 33.5 Å². The van der Waals surface area contributed by atoms with Crippen LogP contribution in [-0.4, -0.2) is 33.1 Å². The molecule has 2 heterocycles. The summed E-state index contributed by atoms with van der Waals surface area (Å²) in [6.07, 6.45) is 0.638. The van der Waals surface area contributed by atoms with E-state index in [-0.39, 0.29) is 5.91 Å². The van der Waals surface area contributed by atoms with E-state index in [1.807, 2.05) is 66.9 Å². The molecule has 10 heteroatoms. The number of rotatable bonds is 5. The monoisotopic (exact) mass is 456 g/mol. The van der Waals surface area contributed by atoms with Crippen molar-refractivity contribution in [1.29, 1.82) is 0 Å². The Kier molecular flexibility index (Phi) is 7.29. The summed E-state index contributed by atoms with van der Waals surface area (Å²) in [6.45, 7) is 0. The lowest BCUT2D eigenvalue weighted by Crippen LogP contribution is -2.21. The van der Waals surface area contributed by atoms with E-state index < -0.39 is 12.1 Å². The Bertz CT molecular complexity index is 1220. The minimum atomic E-state index is -5.08. The Morgan fingerprint density at radius 1 is 0.939 bits per heavy atom. The Balaban J connectivity index is 0.000000383. The number of alkyl halides is 3. The number of aromatic nitrogens is 2. The lowest BCUT2D eigenvalue weighted by molar-refractivity contribution is -0.192. The average molecular weight is 456 g/mol. The Morgan fingerprint density at radius 2 is 1.61 bits per heavy atom. The maximum atomic E-state index is 12.4. The van der Waals surface area contributed by atoms with Gasteiger partial charge in [0.15, 0.2) is 0 Å². The predicted molar refractivity (Wildman–Crippen MR) is 118 cm³/mol. The molecule has 0 saturated carbocycles. The molecule has 0 fully saturated rings. The number of nitrogens with one attached hydrogen (secondary N) is 3. The lowest BCUT2D eigenvalue weighted by atomic mass is 10.1. The molecule has 0 spiro atoms. The van der Waals surface area contributed by atoms with E-state index in [2.05, 4.69) is 20.6 Å². The Hall–Kier alpha value is -4.34. The largest absolute Gasteiger partial charge is 0.490 e. The number of pyridine rings is 1. The minimum Gasteiger partial charge on any atom is -0.475 e. The van der Waals surface area contributed by atoms with Gasteiger partial charge >= 0.3 is 12.1 Å². The summed E-state index contributed by atoms with van der Waals surface area (Å²) >= 11 is 0. The third-order valence-electron chi connectivity index (χ3n) is 4.39. The van der Waals surface area contributed by atoms with Gasteiger partial charge in [0.25, 0.3) is 0 Å². The molecular weight excluding hydrogens is 437 g/mol. The molecule has 0 unspecified atom stereocenters. The van der Waals surface area contributed by atoms with E-state index in [1.54, 1.807) is 12.4 Å². The van der Waals surface area contributed by atoms with Gasteiger partial charge in [-0.2, -0.15) is 13.2 Å². The second kappa shape index (κ2) is 10.3. The second-order valence-corrected chi connectivity index (χ2v) is 6.83. The summed E-state index contributed by atoms with van der Waals surface area (Å²) in [5, 5.41) is 14.4. The smallest absolute Gasteiger partial charge is 0.475 e. The van der Waals surface area contributed by atoms with Crippen molar-refractivity contribution in [1.82, 2.24) is 9.97 Å². The van der Waals surface area contributed by atoms with Gasteiger partial charge in [0.2, 0.25) is 5.91 Å². The molecule has 4 rings (SSSR count). The van der Waals surface area contributed by atoms with Crippen molar-refractivity contribution >= 4 is 39.8 Å². The van der Waals surface area contributed by atoms with Gasteiger partial charge in [-0.1, -0.05) is 18.2 Å². The molecule has 0 atom stereocenters. The first-order valence-electron chi connectivity index (χ1n) is 9.64. The quantitative estimate of drug-likeness (QED) is 0.333. The fraction of sp³-hybridized carbons (Fsp3) is 0.0870. The number of hydrogen-bond acceptors (Lipinski definition) is 4. The van der Waals surface area contributed by atoms with E-state index in [4.69, 9.17) is 9.90 Å². The molecule has 0 saturated heterocycles. The number of anilines is 3. The second-order valence-electron chi connectivity index (χ2n) is 6.83. The van der Waals surface area contributed by atoms with Gasteiger partial charge in [-0.25, -0.2) is 4.79 Å². The van der Waals surface area contributed by atoms with Gasteiger partial charge in [-0.15, -0.1) is 0 Å². The Morgan fingerprint density at radius 3 is 2.24 bits per heavy atom. The van der Waals surface area contributed by atoms with E-state index in [9.17, 15) is 18.0 Å². The summed E-state index contributed by atoms with van der Waals surface area (Å²) < 4.78 is 31.7. The minimum absolute atomic E-state index is 0.0391. The fourth-order valence-electron chi connectivity index (χ4n) is 2.90. The zero-order valence-electron chi connectivity index (χ0n) is 17.1. The lowest BCUT2D eigenvalue weighted by Gasteiger charge is -2.08. The van der Waals surface area contributed by atoms with Crippen molar-refractivity contribution < 1.29 is 27.9 Å². The summed E-state index contributed by atoms with van der Waals surface area (Å²) in [7, 11) is 0. The van der Waals surface area contributed by atoms with Crippen LogP contribution in [0.1, 0.15) is 5.56 Å². The van der Waals surface area contributed by atoms with Crippen LogP contribution in [0.3, 0.4) is 0 Å². The first-order chi connectivity index (χ1) is 15.7. The van der Waals surface area contributed by atoms with Gasteiger partial charge in [0, 0.05) is 34.7 Å². The first kappa shape index (κ1) is 23.3. The molecule has 33 heavy (non-hydrogen) atoms. The molecule has 2 aromatic carbocycles. The number of carboxylic acids is 1. The van der Waals surface area contributed by atoms with Gasteiger partial charge in [-0.3, -0.25) is 9.78 Å². The van der Waals surface area contributed by atoms with Gasteiger partial charge in [0.05, 0.1) is 18.3 Å². The number of nitrogens with zero attached hydrogens (tertiary/aromatic N) is 1. The van der Waals surface area contributed by atoms with Crippen molar-refractivity contribution in [2.24, 2.45) is 0 Å². The number of para-hydroxylation sites is 1. The predicted octanol–water partition coefficient (Wildman–Crippen LogP) is 5.12. The zero-order chi connectivity index (χ0) is 23.8. The van der Waals surface area contributed by atoms with Crippen LogP contribution in [0, 0.1) is 0 Å². The maximum absolute atomic E-state index is 12.4. The Labute approximate surface area is 186 Å². The molecule has 1 amide bonds. The molecular formula is C23H19F3N4O3. The summed E-state index contributed by atoms with van der Waals surface area (Å²) in [4.78, 5) is 28.5. The number of carboxylic acid groups (broad SMARTS) is 1. The third-order valence-corrected chi connectivity index (χ3v) is 4.39. The standard InChI is InChI=1S/C21H18N4O.C2HF3O2/c26-21(12-15-13-23-20-6-2-1-5-19(15)20)25-17-9-7-16(8-10-17)24-18-4-3-11-22-14-18;3-2(4,5)1(6)7/h1-11,13-14,23-24H,12H2,(H,25,26);(H,6,7). The molecule has 7 nitrogen and oxygen atoms in total. The maximum Gasteiger partial charge on any atom is 0.490 e. The summed E-state index contributed by atoms with van der Waals surface area (Å²) in [5.41, 5.74) is 4.66. The topological polar surface area (TPSA) is 107 Å². The molecule has 170 valence electrons. The number of amides is 1. The van der Waals surface area contributed by atoms with Gasteiger partial charge in [-0.05, 0) is 48.0 Å². The van der Waals surface area contributed by atoms with Crippen LogP contribution in [0.2, 0.25) is 0 Å². The highest BCUT2D eigenvalue weighted by Gasteiger charge is 2.38. The number of carbonyl (C=O) groups is 2. The average Bonchev–Trinajstić information content (AvgIpc) is 3.18. The van der Waals surface area contributed by atoms with Crippen LogP contribution >= 0.6 is 0 Å². The molecule has 0 aliphatic carbocycles. The molecule has 0 aliphatic rings. The number of hydrogen-bond donors (Lipinski definition) is 4. The number of fused-ring (bicyclic) bond motifs is 1. The van der Waals surface area contributed by atoms with Gasteiger partial charge < -0.3 is 20.7 Å². The van der Waals surface area contributed by atoms with Crippen LogP contribution in [0.5, 0.6) is 0 Å². The molecule has 0 aliphatic heterocycles. The van der Waals surface area contributed by atoms with Crippen molar-refractivity contribution in [3.63, 3.8) is 0 Å². The van der Waals surface area contributed by atoms with Crippen LogP contribution in [-0.2, 0) is 16.0 Å². The SMILES string of the molecule is O=C(Cc1c[nH]c2ccccc12)Nc1ccc(Nc2cccnc2)cc1.O=C(O)C(F)(F)F. The number of H-pyrrole nitrogens is 1. The van der Waals surface area contributed by atoms with Crippen LogP contribution in [0.4, 0.5) is 30.2 Å². The molecule has 4 aromatic rings. The van der Waals surface area contributed by atoms with Crippen LogP contribution in [0.15, 0.2) is 79.3 Å². The van der Waals surface area contributed by atoms with Crippen molar-refractivity contribution in [2.75, 3.05) is 10.6 Å². The van der Waals surface area contributed by atoms with Crippen molar-refractivity contribution in [2.45, 2.75) is 12.6 Å². The summed E-state index contributed by atoms with van der Waals surface area (Å²) in [6, 6.07) is 19.4. The van der Waals surface area contributed by atoms with E-state index in [0.29, 0.717) is 6.42 Å². The number of aromatic amines is 1. The van der Waals surface area contributed by atoms with Crippen LogP contribution in [0.25, 0.3) is 10.9 Å². The van der Waals surface area contributed by atoms with E-state index in [1.165, 1.54) is 0 Å². The molecule has 2 aromatic heterocycles. The number of halogens is 3. The number of benzene rings is 2. The fourth-order valence-corrected chi connectivity index (χ4v) is 2.90. The summed E-state index contributed by atoms with van der Waals surface area (Å²) in [5.74, 6) is -2.80. The highest BCUT2D eigenvalue weighted by molar-refractivity contribution is 5.95. The molecule has 0 radical (unpaired) electrons. The van der Waals surface area contributed by atoms with Crippen molar-refractivity contribution in [3.8, 4) is 0 Å².